The molecule has 2 aromatic rings. The zero-order valence-corrected chi connectivity index (χ0v) is 17.1. The van der Waals surface area contributed by atoms with Gasteiger partial charge in [0.25, 0.3) is 5.91 Å². The third-order valence-corrected chi connectivity index (χ3v) is 6.83. The van der Waals surface area contributed by atoms with Gasteiger partial charge >= 0.3 is 0 Å². The van der Waals surface area contributed by atoms with E-state index in [0.717, 1.165) is 51.4 Å². The van der Waals surface area contributed by atoms with Gasteiger partial charge in [-0.1, -0.05) is 6.07 Å². The molecule has 0 unspecified atom stereocenters. The van der Waals surface area contributed by atoms with Crippen molar-refractivity contribution in [2.45, 2.75) is 26.1 Å². The summed E-state index contributed by atoms with van der Waals surface area (Å²) < 4.78 is 15.6. The molecule has 8 heteroatoms. The van der Waals surface area contributed by atoms with Crippen LogP contribution >= 0.6 is 0 Å². The number of hydrogen-bond donors (Lipinski definition) is 2. The Balaban J connectivity index is 1.26. The number of likely N-dealkylation sites (tertiary alicyclic amines) is 2. The lowest BCUT2D eigenvalue weighted by molar-refractivity contribution is 0.0718. The van der Waals surface area contributed by atoms with Crippen molar-refractivity contribution < 1.29 is 14.3 Å². The summed E-state index contributed by atoms with van der Waals surface area (Å²) >= 11 is 0. The molecule has 160 valence electrons. The van der Waals surface area contributed by atoms with Gasteiger partial charge < -0.3 is 15.3 Å². The van der Waals surface area contributed by atoms with Gasteiger partial charge in [0.05, 0.1) is 18.0 Å². The highest BCUT2D eigenvalue weighted by Gasteiger charge is 2.53. The van der Waals surface area contributed by atoms with Crippen LogP contribution < -0.4 is 5.32 Å². The van der Waals surface area contributed by atoms with Gasteiger partial charge in [-0.15, -0.1) is 0 Å². The first kappa shape index (κ1) is 19.7. The van der Waals surface area contributed by atoms with E-state index in [1.54, 1.807) is 17.0 Å². The van der Waals surface area contributed by atoms with E-state index in [2.05, 4.69) is 21.0 Å². The van der Waals surface area contributed by atoms with Gasteiger partial charge in [-0.3, -0.25) is 14.4 Å². The minimum Gasteiger partial charge on any atom is -0.396 e. The summed E-state index contributed by atoms with van der Waals surface area (Å²) in [5, 5.41) is 18.4. The van der Waals surface area contributed by atoms with E-state index in [1.165, 1.54) is 17.8 Å². The number of amides is 1. The Kier molecular flexibility index (Phi) is 5.08. The highest BCUT2D eigenvalue weighted by Crippen LogP contribution is 2.43. The largest absolute Gasteiger partial charge is 0.396 e. The molecule has 30 heavy (non-hydrogen) atoms. The fraction of sp³-hybridized carbons (Fsp3) is 0.545. The van der Waals surface area contributed by atoms with E-state index in [4.69, 9.17) is 5.10 Å². The number of carbonyl (C=O) groups excluding carboxylic acids is 1. The number of nitrogens with one attached hydrogen (secondary N) is 1. The van der Waals surface area contributed by atoms with E-state index in [1.807, 2.05) is 0 Å². The molecule has 2 fully saturated rings. The van der Waals surface area contributed by atoms with E-state index in [-0.39, 0.29) is 23.8 Å². The lowest BCUT2D eigenvalue weighted by Crippen LogP contribution is -2.38. The molecule has 5 rings (SSSR count). The summed E-state index contributed by atoms with van der Waals surface area (Å²) in [6.07, 6.45) is 1.09. The third kappa shape index (κ3) is 3.53. The standard InChI is InChI=1S/C22H28FN5O2/c23-18-4-1-3-16(7-18)21(30)27-11-17-10-26(13-22(17,14-27)15-29)12-19-8-20-9-24-5-2-6-28(20)25-19/h1,3-4,7-8,17,24,29H,2,5-6,9-15H2/t17-,22+/m0/s1. The average molecular weight is 413 g/mol. The molecule has 1 aromatic carbocycles. The SMILES string of the molecule is O=C(c1cccc(F)c1)N1C[C@@H]2CN(Cc3cc4n(n3)CCCNC4)C[C@]2(CO)C1. The molecule has 4 heterocycles. The summed E-state index contributed by atoms with van der Waals surface area (Å²) in [7, 11) is 0. The van der Waals surface area contributed by atoms with Crippen LogP contribution in [0.4, 0.5) is 4.39 Å². The normalized spacial score (nSPS) is 26.5. The molecule has 2 saturated heterocycles. The zero-order chi connectivity index (χ0) is 20.7. The molecule has 0 bridgehead atoms. The second-order valence-electron chi connectivity index (χ2n) is 8.96. The van der Waals surface area contributed by atoms with E-state index >= 15 is 0 Å². The van der Waals surface area contributed by atoms with Crippen molar-refractivity contribution in [1.29, 1.82) is 0 Å². The van der Waals surface area contributed by atoms with Crippen LogP contribution in [0.5, 0.6) is 0 Å². The van der Waals surface area contributed by atoms with Crippen LogP contribution in [-0.2, 0) is 19.6 Å². The number of aryl methyl sites for hydroxylation is 1. The Labute approximate surface area is 175 Å². The molecule has 0 spiro atoms. The van der Waals surface area contributed by atoms with E-state index in [0.29, 0.717) is 18.7 Å². The first-order chi connectivity index (χ1) is 14.6. The molecule has 1 aromatic heterocycles. The minimum atomic E-state index is -0.406. The molecule has 7 nitrogen and oxygen atoms in total. The number of benzene rings is 1. The van der Waals surface area contributed by atoms with Crippen molar-refractivity contribution in [3.63, 3.8) is 0 Å². The van der Waals surface area contributed by atoms with Crippen molar-refractivity contribution in [2.75, 3.05) is 39.3 Å². The summed E-state index contributed by atoms with van der Waals surface area (Å²) in [5.41, 5.74) is 2.34. The van der Waals surface area contributed by atoms with Gasteiger partial charge in [-0.2, -0.15) is 5.10 Å². The molecule has 0 saturated carbocycles. The van der Waals surface area contributed by atoms with E-state index < -0.39 is 5.82 Å². The van der Waals surface area contributed by atoms with Crippen LogP contribution in [-0.4, -0.2) is 69.9 Å². The predicted octanol–water partition coefficient (Wildman–Crippen LogP) is 1.08. The van der Waals surface area contributed by atoms with Crippen molar-refractivity contribution in [3.8, 4) is 0 Å². The summed E-state index contributed by atoms with van der Waals surface area (Å²) in [5.74, 6) is -0.354. The maximum Gasteiger partial charge on any atom is 0.253 e. The quantitative estimate of drug-likeness (QED) is 0.785. The molecule has 0 aliphatic carbocycles. The van der Waals surface area contributed by atoms with Crippen LogP contribution in [0, 0.1) is 17.2 Å². The van der Waals surface area contributed by atoms with Crippen molar-refractivity contribution in [3.05, 3.63) is 53.1 Å². The summed E-state index contributed by atoms with van der Waals surface area (Å²) in [4.78, 5) is 17.0. The number of aromatic nitrogens is 2. The highest BCUT2D eigenvalue weighted by molar-refractivity contribution is 5.94. The molecule has 3 aliphatic rings. The number of carbonyl (C=O) groups is 1. The Morgan fingerprint density at radius 1 is 1.30 bits per heavy atom. The number of hydrogen-bond acceptors (Lipinski definition) is 5. The summed E-state index contributed by atoms with van der Waals surface area (Å²) in [6, 6.07) is 8.01. The van der Waals surface area contributed by atoms with Crippen LogP contribution in [0.1, 0.15) is 28.2 Å². The monoisotopic (exact) mass is 413 g/mol. The Hall–Kier alpha value is -2.29. The third-order valence-electron chi connectivity index (χ3n) is 6.83. The van der Waals surface area contributed by atoms with Crippen molar-refractivity contribution in [1.82, 2.24) is 24.9 Å². The van der Waals surface area contributed by atoms with Crippen molar-refractivity contribution in [2.24, 2.45) is 11.3 Å². The second-order valence-corrected chi connectivity index (χ2v) is 8.96. The number of aliphatic hydroxyl groups excluding tert-OH is 1. The molecule has 2 N–H and O–H groups in total. The number of aliphatic hydroxyl groups is 1. The Morgan fingerprint density at radius 3 is 3.00 bits per heavy atom. The van der Waals surface area contributed by atoms with Gasteiger partial charge in [0.1, 0.15) is 5.82 Å². The van der Waals surface area contributed by atoms with Gasteiger partial charge in [-0.05, 0) is 43.1 Å². The molecule has 3 aliphatic heterocycles. The average Bonchev–Trinajstić information content (AvgIpc) is 3.33. The lowest BCUT2D eigenvalue weighted by Gasteiger charge is -2.27. The maximum absolute atomic E-state index is 13.5. The number of nitrogens with zero attached hydrogens (tertiary/aromatic N) is 4. The topological polar surface area (TPSA) is 73.6 Å². The maximum atomic E-state index is 13.5. The van der Waals surface area contributed by atoms with Gasteiger partial charge in [0, 0.05) is 56.8 Å². The molecule has 2 atom stereocenters. The minimum absolute atomic E-state index is 0.0463. The number of halogens is 1. The van der Waals surface area contributed by atoms with Crippen molar-refractivity contribution >= 4 is 5.91 Å². The fourth-order valence-corrected chi connectivity index (χ4v) is 5.32. The summed E-state index contributed by atoms with van der Waals surface area (Å²) in [6.45, 7) is 6.29. The second kappa shape index (κ2) is 7.76. The number of fused-ring (bicyclic) bond motifs is 2. The molecular formula is C22H28FN5O2. The van der Waals surface area contributed by atoms with Gasteiger partial charge in [0.15, 0.2) is 0 Å². The fourth-order valence-electron chi connectivity index (χ4n) is 5.32. The first-order valence-electron chi connectivity index (χ1n) is 10.7. The van der Waals surface area contributed by atoms with E-state index in [9.17, 15) is 14.3 Å². The highest BCUT2D eigenvalue weighted by atomic mass is 19.1. The molecule has 1 amide bonds. The number of rotatable bonds is 4. The molecule has 0 radical (unpaired) electrons. The van der Waals surface area contributed by atoms with Crippen LogP contribution in [0.15, 0.2) is 30.3 Å². The van der Waals surface area contributed by atoms with Crippen LogP contribution in [0.2, 0.25) is 0 Å². The molecular weight excluding hydrogens is 385 g/mol. The Morgan fingerprint density at radius 2 is 2.20 bits per heavy atom. The predicted molar refractivity (Wildman–Crippen MR) is 109 cm³/mol. The smallest absolute Gasteiger partial charge is 0.253 e. The van der Waals surface area contributed by atoms with Gasteiger partial charge in [-0.25, -0.2) is 4.39 Å². The lowest BCUT2D eigenvalue weighted by atomic mass is 9.82. The Bertz CT molecular complexity index is 924. The van der Waals surface area contributed by atoms with Crippen LogP contribution in [0.25, 0.3) is 0 Å². The zero-order valence-electron chi connectivity index (χ0n) is 17.1. The van der Waals surface area contributed by atoms with Gasteiger partial charge in [0.2, 0.25) is 0 Å². The van der Waals surface area contributed by atoms with Crippen LogP contribution in [0.3, 0.4) is 0 Å². The first-order valence-corrected chi connectivity index (χ1v) is 10.7.